The van der Waals surface area contributed by atoms with Crippen molar-refractivity contribution in [2.75, 3.05) is 0 Å². The first-order chi connectivity index (χ1) is 8.47. The second kappa shape index (κ2) is 4.85. The summed E-state index contributed by atoms with van der Waals surface area (Å²) < 4.78 is 44.8. The number of hydrogen-bond acceptors (Lipinski definition) is 4. The monoisotopic (exact) mass is 272 g/mol. The third-order valence-corrected chi connectivity index (χ3v) is 2.74. The van der Waals surface area contributed by atoms with Crippen LogP contribution in [0.5, 0.6) is 0 Å². The van der Waals surface area contributed by atoms with Crippen LogP contribution in [0.25, 0.3) is 0 Å². The number of ketones is 1. The molecule has 7 heteroatoms. The zero-order chi connectivity index (χ0) is 13.2. The van der Waals surface area contributed by atoms with E-state index in [4.69, 9.17) is 0 Å². The smallest absolute Gasteiger partial charge is 0.292 e. The van der Waals surface area contributed by atoms with Gasteiger partial charge in [0, 0.05) is 6.42 Å². The fourth-order valence-corrected chi connectivity index (χ4v) is 1.85. The molecular weight excluding hydrogens is 265 g/mol. The van der Waals surface area contributed by atoms with Crippen molar-refractivity contribution in [3.63, 3.8) is 0 Å². The average molecular weight is 272 g/mol. The van der Waals surface area contributed by atoms with Gasteiger partial charge in [-0.3, -0.25) is 4.79 Å². The molecule has 0 aliphatic heterocycles. The van der Waals surface area contributed by atoms with Gasteiger partial charge in [0.25, 0.3) is 0 Å². The molecule has 3 nitrogen and oxygen atoms in total. The van der Waals surface area contributed by atoms with Crippen molar-refractivity contribution in [1.29, 1.82) is 0 Å². The highest BCUT2D eigenvalue weighted by molar-refractivity contribution is 6.99. The Bertz CT molecular complexity index is 552. The number of rotatable bonds is 3. The van der Waals surface area contributed by atoms with Gasteiger partial charge in [-0.05, 0) is 11.6 Å². The van der Waals surface area contributed by atoms with Crippen LogP contribution in [0.15, 0.2) is 30.5 Å². The topological polar surface area (TPSA) is 42.9 Å². The predicted octanol–water partition coefficient (Wildman–Crippen LogP) is 2.98. The molecule has 0 radical (unpaired) electrons. The van der Waals surface area contributed by atoms with Crippen LogP contribution < -0.4 is 0 Å². The number of halogens is 3. The molecule has 1 heterocycles. The molecule has 0 fully saturated rings. The van der Waals surface area contributed by atoms with E-state index in [1.807, 2.05) is 0 Å². The van der Waals surface area contributed by atoms with Gasteiger partial charge in [0.05, 0.1) is 23.5 Å². The van der Waals surface area contributed by atoms with E-state index in [2.05, 4.69) is 8.75 Å². The molecule has 0 saturated heterocycles. The van der Waals surface area contributed by atoms with Crippen molar-refractivity contribution in [2.24, 2.45) is 0 Å². The molecule has 94 valence electrons. The van der Waals surface area contributed by atoms with Crippen LogP contribution in [-0.4, -0.2) is 14.5 Å². The second-order valence-electron chi connectivity index (χ2n) is 3.59. The fraction of sp³-hybridized carbons (Fsp3) is 0.182. The van der Waals surface area contributed by atoms with E-state index in [0.717, 1.165) is 23.9 Å². The Morgan fingerprint density at radius 1 is 1.33 bits per heavy atom. The standard InChI is InChI=1S/C11H7F3N2OS/c12-11(13,14)8-3-1-2-7(4-8)5-10(17)9-6-15-18-16-9/h1-4,6H,5H2. The van der Waals surface area contributed by atoms with Crippen LogP contribution in [0.3, 0.4) is 0 Å². The van der Waals surface area contributed by atoms with Crippen LogP contribution in [0.4, 0.5) is 13.2 Å². The highest BCUT2D eigenvalue weighted by atomic mass is 32.1. The molecule has 18 heavy (non-hydrogen) atoms. The van der Waals surface area contributed by atoms with E-state index in [1.165, 1.54) is 18.3 Å². The van der Waals surface area contributed by atoms with E-state index in [9.17, 15) is 18.0 Å². The van der Waals surface area contributed by atoms with E-state index in [-0.39, 0.29) is 17.9 Å². The minimum atomic E-state index is -4.40. The lowest BCUT2D eigenvalue weighted by atomic mass is 10.0. The van der Waals surface area contributed by atoms with Crippen LogP contribution >= 0.6 is 11.7 Å². The maximum Gasteiger partial charge on any atom is 0.416 e. The van der Waals surface area contributed by atoms with E-state index >= 15 is 0 Å². The van der Waals surface area contributed by atoms with Crippen molar-refractivity contribution < 1.29 is 18.0 Å². The van der Waals surface area contributed by atoms with Crippen LogP contribution in [0.1, 0.15) is 21.6 Å². The van der Waals surface area contributed by atoms with Gasteiger partial charge in [-0.15, -0.1) is 0 Å². The summed E-state index contributed by atoms with van der Waals surface area (Å²) in [6.07, 6.45) is -3.21. The number of hydrogen-bond donors (Lipinski definition) is 0. The van der Waals surface area contributed by atoms with Crippen LogP contribution in [0.2, 0.25) is 0 Å². The number of carbonyl (C=O) groups excluding carboxylic acids is 1. The van der Waals surface area contributed by atoms with Crippen molar-refractivity contribution in [1.82, 2.24) is 8.75 Å². The molecule has 0 N–H and O–H groups in total. The first-order valence-corrected chi connectivity index (χ1v) is 5.67. The summed E-state index contributed by atoms with van der Waals surface area (Å²) >= 11 is 0.885. The van der Waals surface area contributed by atoms with E-state index in [0.29, 0.717) is 5.56 Å². The van der Waals surface area contributed by atoms with Crippen molar-refractivity contribution in [2.45, 2.75) is 12.6 Å². The third kappa shape index (κ3) is 2.92. The van der Waals surface area contributed by atoms with Gasteiger partial charge >= 0.3 is 6.18 Å². The van der Waals surface area contributed by atoms with Gasteiger partial charge < -0.3 is 0 Å². The summed E-state index contributed by atoms with van der Waals surface area (Å²) in [7, 11) is 0. The second-order valence-corrected chi connectivity index (χ2v) is 4.15. The molecule has 0 unspecified atom stereocenters. The van der Waals surface area contributed by atoms with E-state index in [1.54, 1.807) is 0 Å². The number of Topliss-reactive ketones (excluding diaryl/α,β-unsaturated/α-hetero) is 1. The molecule has 0 aliphatic rings. The van der Waals surface area contributed by atoms with Gasteiger partial charge in [0.15, 0.2) is 5.78 Å². The predicted molar refractivity (Wildman–Crippen MR) is 59.4 cm³/mol. The zero-order valence-electron chi connectivity index (χ0n) is 8.94. The summed E-state index contributed by atoms with van der Waals surface area (Å²) in [4.78, 5) is 11.7. The SMILES string of the molecule is O=C(Cc1cccc(C(F)(F)F)c1)c1cnsn1. The normalized spacial score (nSPS) is 11.5. The lowest BCUT2D eigenvalue weighted by Gasteiger charge is -2.07. The number of aromatic nitrogens is 2. The molecule has 1 aromatic heterocycles. The number of alkyl halides is 3. The zero-order valence-corrected chi connectivity index (χ0v) is 9.76. The maximum atomic E-state index is 12.5. The summed E-state index contributed by atoms with van der Waals surface area (Å²) in [5.41, 5.74) is -0.274. The molecule has 1 aromatic carbocycles. The number of benzene rings is 1. The van der Waals surface area contributed by atoms with Gasteiger partial charge in [0.1, 0.15) is 5.69 Å². The Hall–Kier alpha value is -1.76. The van der Waals surface area contributed by atoms with Gasteiger partial charge in [-0.25, -0.2) is 0 Å². The summed E-state index contributed by atoms with van der Waals surface area (Å²) in [6, 6.07) is 4.70. The molecule has 0 spiro atoms. The van der Waals surface area contributed by atoms with Gasteiger partial charge in [0.2, 0.25) is 0 Å². The highest BCUT2D eigenvalue weighted by Gasteiger charge is 2.30. The molecule has 2 aromatic rings. The van der Waals surface area contributed by atoms with E-state index < -0.39 is 11.7 Å². The van der Waals surface area contributed by atoms with Crippen LogP contribution in [-0.2, 0) is 12.6 Å². The Morgan fingerprint density at radius 3 is 2.72 bits per heavy atom. The van der Waals surface area contributed by atoms with Gasteiger partial charge in [-0.2, -0.15) is 21.9 Å². The largest absolute Gasteiger partial charge is 0.416 e. The average Bonchev–Trinajstić information content (AvgIpc) is 2.81. The Kier molecular flexibility index (Phi) is 3.42. The summed E-state index contributed by atoms with van der Waals surface area (Å²) in [6.45, 7) is 0. The summed E-state index contributed by atoms with van der Waals surface area (Å²) in [5.74, 6) is -0.344. The third-order valence-electron chi connectivity index (χ3n) is 2.27. The van der Waals surface area contributed by atoms with Crippen molar-refractivity contribution in [3.8, 4) is 0 Å². The molecular formula is C11H7F3N2OS. The molecule has 0 aliphatic carbocycles. The minimum Gasteiger partial charge on any atom is -0.292 e. The van der Waals surface area contributed by atoms with Crippen LogP contribution in [0, 0.1) is 0 Å². The fourth-order valence-electron chi connectivity index (χ4n) is 1.42. The molecule has 2 rings (SSSR count). The lowest BCUT2D eigenvalue weighted by molar-refractivity contribution is -0.137. The van der Waals surface area contributed by atoms with Gasteiger partial charge in [-0.1, -0.05) is 18.2 Å². The quantitative estimate of drug-likeness (QED) is 0.807. The first-order valence-electron chi connectivity index (χ1n) is 4.94. The first kappa shape index (κ1) is 12.7. The minimum absolute atomic E-state index is 0.116. The molecule has 0 atom stereocenters. The number of carbonyl (C=O) groups is 1. The Labute approximate surface area is 105 Å². The lowest BCUT2D eigenvalue weighted by Crippen LogP contribution is -2.08. The highest BCUT2D eigenvalue weighted by Crippen LogP contribution is 2.29. The van der Waals surface area contributed by atoms with Crippen molar-refractivity contribution in [3.05, 3.63) is 47.3 Å². The number of nitrogens with zero attached hydrogens (tertiary/aromatic N) is 2. The molecule has 0 saturated carbocycles. The molecule has 0 bridgehead atoms. The van der Waals surface area contributed by atoms with Crippen molar-refractivity contribution >= 4 is 17.5 Å². The maximum absolute atomic E-state index is 12.5. The Balaban J connectivity index is 2.18. The summed E-state index contributed by atoms with van der Waals surface area (Å²) in [5, 5.41) is 0. The molecule has 0 amide bonds. The Morgan fingerprint density at radius 2 is 2.11 bits per heavy atom.